The number of nitrogens with one attached hydrogen (secondary N) is 1. The van der Waals surface area contributed by atoms with Gasteiger partial charge >= 0.3 is 5.97 Å². The minimum Gasteiger partial charge on any atom is -0.480 e. The Balaban J connectivity index is 2.58. The number of morpholine rings is 1. The molecule has 5 heteroatoms. The fourth-order valence-electron chi connectivity index (χ4n) is 2.02. The van der Waals surface area contributed by atoms with Crippen molar-refractivity contribution in [2.75, 3.05) is 32.8 Å². The number of aliphatic carboxylic acids is 1. The molecule has 1 fully saturated rings. The third-order valence-electron chi connectivity index (χ3n) is 2.72. The number of carboxylic acid groups (broad SMARTS) is 1. The van der Waals surface area contributed by atoms with E-state index < -0.39 is 11.5 Å². The molecule has 2 N–H and O–H groups in total. The van der Waals surface area contributed by atoms with Gasteiger partial charge in [-0.05, 0) is 20.8 Å². The van der Waals surface area contributed by atoms with Crippen LogP contribution in [0.5, 0.6) is 0 Å². The molecule has 1 rings (SSSR count). The van der Waals surface area contributed by atoms with Crippen LogP contribution in [0, 0.1) is 0 Å². The van der Waals surface area contributed by atoms with Gasteiger partial charge in [-0.3, -0.25) is 15.0 Å². The molecule has 94 valence electrons. The van der Waals surface area contributed by atoms with Crippen LogP contribution in [-0.2, 0) is 9.53 Å². The zero-order chi connectivity index (χ0) is 12.2. The summed E-state index contributed by atoms with van der Waals surface area (Å²) in [6.45, 7) is 9.18. The molecule has 1 unspecified atom stereocenters. The molecule has 0 aliphatic carbocycles. The molecule has 1 saturated heterocycles. The van der Waals surface area contributed by atoms with Crippen LogP contribution in [0.2, 0.25) is 0 Å². The maximum Gasteiger partial charge on any atom is 0.324 e. The number of rotatable bonds is 5. The summed E-state index contributed by atoms with van der Waals surface area (Å²) >= 11 is 0. The smallest absolute Gasteiger partial charge is 0.324 e. The van der Waals surface area contributed by atoms with Gasteiger partial charge in [-0.15, -0.1) is 0 Å². The zero-order valence-corrected chi connectivity index (χ0v) is 10.3. The second kappa shape index (κ2) is 5.61. The Morgan fingerprint density at radius 3 is 2.50 bits per heavy atom. The highest BCUT2D eigenvalue weighted by Gasteiger charge is 2.35. The molecule has 0 saturated carbocycles. The second-order valence-corrected chi connectivity index (χ2v) is 4.82. The molecule has 0 bridgehead atoms. The monoisotopic (exact) mass is 230 g/mol. The summed E-state index contributed by atoms with van der Waals surface area (Å²) in [7, 11) is 0. The molecule has 1 atom stereocenters. The minimum atomic E-state index is -0.883. The largest absolute Gasteiger partial charge is 0.480 e. The van der Waals surface area contributed by atoms with E-state index in [-0.39, 0.29) is 6.04 Å². The SMILES string of the molecule is CC(C)NC(C)(CN1CCOCC1)C(=O)O. The summed E-state index contributed by atoms with van der Waals surface area (Å²) in [5.74, 6) is -0.798. The first-order chi connectivity index (χ1) is 7.44. The predicted molar refractivity (Wildman–Crippen MR) is 61.6 cm³/mol. The molecule has 0 amide bonds. The number of hydrogen-bond donors (Lipinski definition) is 2. The Morgan fingerprint density at radius 1 is 1.50 bits per heavy atom. The van der Waals surface area contributed by atoms with Gasteiger partial charge in [-0.1, -0.05) is 0 Å². The predicted octanol–water partition coefficient (Wildman–Crippen LogP) is 0.160. The third kappa shape index (κ3) is 3.73. The Bertz CT molecular complexity index is 239. The summed E-state index contributed by atoms with van der Waals surface area (Å²) in [5, 5.41) is 12.4. The fourth-order valence-corrected chi connectivity index (χ4v) is 2.02. The summed E-state index contributed by atoms with van der Waals surface area (Å²) in [4.78, 5) is 13.4. The van der Waals surface area contributed by atoms with Gasteiger partial charge in [-0.2, -0.15) is 0 Å². The first kappa shape index (κ1) is 13.4. The van der Waals surface area contributed by atoms with Crippen molar-refractivity contribution >= 4 is 5.97 Å². The fraction of sp³-hybridized carbons (Fsp3) is 0.909. The van der Waals surface area contributed by atoms with Crippen molar-refractivity contribution in [3.63, 3.8) is 0 Å². The van der Waals surface area contributed by atoms with Gasteiger partial charge in [0.2, 0.25) is 0 Å². The van der Waals surface area contributed by atoms with Crippen LogP contribution < -0.4 is 5.32 Å². The molecule has 5 nitrogen and oxygen atoms in total. The van der Waals surface area contributed by atoms with Gasteiger partial charge in [0, 0.05) is 25.7 Å². The summed E-state index contributed by atoms with van der Waals surface area (Å²) in [5.41, 5.74) is -0.883. The van der Waals surface area contributed by atoms with E-state index in [9.17, 15) is 9.90 Å². The van der Waals surface area contributed by atoms with Crippen LogP contribution in [0.4, 0.5) is 0 Å². The zero-order valence-electron chi connectivity index (χ0n) is 10.3. The third-order valence-corrected chi connectivity index (χ3v) is 2.72. The summed E-state index contributed by atoms with van der Waals surface area (Å²) in [6.07, 6.45) is 0. The van der Waals surface area contributed by atoms with Gasteiger partial charge in [0.1, 0.15) is 5.54 Å². The number of carbonyl (C=O) groups is 1. The quantitative estimate of drug-likeness (QED) is 0.704. The lowest BCUT2D eigenvalue weighted by Gasteiger charge is -2.36. The molecule has 0 aromatic carbocycles. The van der Waals surface area contributed by atoms with Crippen LogP contribution in [-0.4, -0.2) is 60.4 Å². The topological polar surface area (TPSA) is 61.8 Å². The molecule has 0 spiro atoms. The lowest BCUT2D eigenvalue weighted by Crippen LogP contribution is -2.60. The molecule has 0 aromatic rings. The standard InChI is InChI=1S/C11H22N2O3/c1-9(2)12-11(3,10(14)15)8-13-4-6-16-7-5-13/h9,12H,4-8H2,1-3H3,(H,14,15). The Labute approximate surface area is 96.8 Å². The molecule has 1 heterocycles. The van der Waals surface area contributed by atoms with Crippen molar-refractivity contribution in [1.82, 2.24) is 10.2 Å². The first-order valence-corrected chi connectivity index (χ1v) is 5.75. The van der Waals surface area contributed by atoms with E-state index in [0.29, 0.717) is 19.8 Å². The molecule has 1 aliphatic rings. The second-order valence-electron chi connectivity index (χ2n) is 4.82. The minimum absolute atomic E-state index is 0.155. The van der Waals surface area contributed by atoms with E-state index in [1.54, 1.807) is 6.92 Å². The van der Waals surface area contributed by atoms with Gasteiger partial charge in [0.25, 0.3) is 0 Å². The van der Waals surface area contributed by atoms with Gasteiger partial charge in [-0.25, -0.2) is 0 Å². The maximum atomic E-state index is 11.3. The van der Waals surface area contributed by atoms with Crippen molar-refractivity contribution in [3.8, 4) is 0 Å². The molecule has 0 aromatic heterocycles. The summed E-state index contributed by atoms with van der Waals surface area (Å²) < 4.78 is 5.25. The van der Waals surface area contributed by atoms with Crippen molar-refractivity contribution in [3.05, 3.63) is 0 Å². The Hall–Kier alpha value is -0.650. The number of nitrogens with zero attached hydrogens (tertiary/aromatic N) is 1. The van der Waals surface area contributed by atoms with E-state index in [0.717, 1.165) is 13.1 Å². The van der Waals surface area contributed by atoms with E-state index in [4.69, 9.17) is 4.74 Å². The average molecular weight is 230 g/mol. The van der Waals surface area contributed by atoms with E-state index in [1.807, 2.05) is 13.8 Å². The number of carboxylic acids is 1. The number of hydrogen-bond acceptors (Lipinski definition) is 4. The van der Waals surface area contributed by atoms with Crippen molar-refractivity contribution in [2.45, 2.75) is 32.4 Å². The highest BCUT2D eigenvalue weighted by molar-refractivity contribution is 5.78. The lowest BCUT2D eigenvalue weighted by atomic mass is 10.0. The highest BCUT2D eigenvalue weighted by Crippen LogP contribution is 2.10. The lowest BCUT2D eigenvalue weighted by molar-refractivity contribution is -0.145. The first-order valence-electron chi connectivity index (χ1n) is 5.75. The van der Waals surface area contributed by atoms with Crippen LogP contribution >= 0.6 is 0 Å². The van der Waals surface area contributed by atoms with Crippen LogP contribution in [0.25, 0.3) is 0 Å². The maximum absolute atomic E-state index is 11.3. The number of ether oxygens (including phenoxy) is 1. The van der Waals surface area contributed by atoms with E-state index >= 15 is 0 Å². The van der Waals surface area contributed by atoms with Gasteiger partial charge < -0.3 is 9.84 Å². The van der Waals surface area contributed by atoms with Crippen molar-refractivity contribution in [2.24, 2.45) is 0 Å². The molecular weight excluding hydrogens is 208 g/mol. The molecule has 0 radical (unpaired) electrons. The summed E-state index contributed by atoms with van der Waals surface area (Å²) in [6, 6.07) is 0.155. The Morgan fingerprint density at radius 2 is 2.06 bits per heavy atom. The highest BCUT2D eigenvalue weighted by atomic mass is 16.5. The molecule has 16 heavy (non-hydrogen) atoms. The Kier molecular flexibility index (Phi) is 4.70. The van der Waals surface area contributed by atoms with Crippen molar-refractivity contribution in [1.29, 1.82) is 0 Å². The van der Waals surface area contributed by atoms with Crippen LogP contribution in [0.15, 0.2) is 0 Å². The average Bonchev–Trinajstić information content (AvgIpc) is 2.17. The van der Waals surface area contributed by atoms with Crippen molar-refractivity contribution < 1.29 is 14.6 Å². The molecule has 1 aliphatic heterocycles. The van der Waals surface area contributed by atoms with Crippen LogP contribution in [0.3, 0.4) is 0 Å². The van der Waals surface area contributed by atoms with Crippen LogP contribution in [0.1, 0.15) is 20.8 Å². The van der Waals surface area contributed by atoms with Gasteiger partial charge in [0.15, 0.2) is 0 Å². The normalized spacial score (nSPS) is 22.0. The molecular formula is C11H22N2O3. The van der Waals surface area contributed by atoms with Gasteiger partial charge in [0.05, 0.1) is 13.2 Å². The van der Waals surface area contributed by atoms with E-state index in [1.165, 1.54) is 0 Å². The van der Waals surface area contributed by atoms with E-state index in [2.05, 4.69) is 10.2 Å².